The average molecular weight is 349 g/mol. The minimum Gasteiger partial charge on any atom is -0.348 e. The van der Waals surface area contributed by atoms with Gasteiger partial charge in [0, 0.05) is 18.3 Å². The van der Waals surface area contributed by atoms with Gasteiger partial charge in [0.1, 0.15) is 5.69 Å². The van der Waals surface area contributed by atoms with Gasteiger partial charge in [0.2, 0.25) is 0 Å². The SMILES string of the molecule is O=C(NC1CCCCCC1)c1ccc(N2CCCc3ccccc32)cn1. The van der Waals surface area contributed by atoms with Crippen molar-refractivity contribution in [2.45, 2.75) is 57.4 Å². The summed E-state index contributed by atoms with van der Waals surface area (Å²) in [6, 6.07) is 12.7. The van der Waals surface area contributed by atoms with Crippen LogP contribution in [0.25, 0.3) is 0 Å². The van der Waals surface area contributed by atoms with E-state index in [1.165, 1.54) is 36.9 Å². The molecule has 1 aromatic carbocycles. The van der Waals surface area contributed by atoms with Crippen molar-refractivity contribution in [3.8, 4) is 0 Å². The van der Waals surface area contributed by atoms with Crippen molar-refractivity contribution in [2.75, 3.05) is 11.4 Å². The molecule has 0 atom stereocenters. The molecular formula is C22H27N3O. The first-order chi connectivity index (χ1) is 12.8. The minimum atomic E-state index is -0.0394. The van der Waals surface area contributed by atoms with Crippen LogP contribution in [0.1, 0.15) is 61.0 Å². The maximum Gasteiger partial charge on any atom is 0.270 e. The monoisotopic (exact) mass is 349 g/mol. The number of nitrogens with zero attached hydrogens (tertiary/aromatic N) is 2. The molecule has 0 bridgehead atoms. The molecule has 1 amide bonds. The van der Waals surface area contributed by atoms with E-state index >= 15 is 0 Å². The fraction of sp³-hybridized carbons (Fsp3) is 0.455. The standard InChI is InChI=1S/C22H27N3O/c26-22(24-18-10-3-1-2-4-11-18)20-14-13-19(16-23-20)25-15-7-9-17-8-5-6-12-21(17)25/h5-6,8,12-14,16,18H,1-4,7,9-11,15H2,(H,24,26). The quantitative estimate of drug-likeness (QED) is 0.823. The third-order valence-electron chi connectivity index (χ3n) is 5.59. The summed E-state index contributed by atoms with van der Waals surface area (Å²) in [4.78, 5) is 19.3. The molecule has 136 valence electrons. The zero-order valence-corrected chi connectivity index (χ0v) is 15.3. The third-order valence-corrected chi connectivity index (χ3v) is 5.59. The predicted octanol–water partition coefficient (Wildman–Crippen LogP) is 4.62. The van der Waals surface area contributed by atoms with Gasteiger partial charge in [-0.1, -0.05) is 43.9 Å². The number of hydrogen-bond donors (Lipinski definition) is 1. The first-order valence-electron chi connectivity index (χ1n) is 9.93. The maximum atomic E-state index is 12.5. The number of carbonyl (C=O) groups is 1. The Labute approximate surface area is 155 Å². The Kier molecular flexibility index (Phi) is 5.19. The van der Waals surface area contributed by atoms with Crippen LogP contribution >= 0.6 is 0 Å². The lowest BCUT2D eigenvalue weighted by Crippen LogP contribution is -2.35. The number of pyridine rings is 1. The summed E-state index contributed by atoms with van der Waals surface area (Å²) in [5.74, 6) is -0.0394. The molecule has 2 aromatic rings. The van der Waals surface area contributed by atoms with E-state index < -0.39 is 0 Å². The van der Waals surface area contributed by atoms with Crippen molar-refractivity contribution in [2.24, 2.45) is 0 Å². The van der Waals surface area contributed by atoms with Crippen molar-refractivity contribution in [3.05, 3.63) is 53.9 Å². The fourth-order valence-electron chi connectivity index (χ4n) is 4.16. The molecule has 1 aromatic heterocycles. The van der Waals surface area contributed by atoms with Gasteiger partial charge in [0.05, 0.1) is 11.9 Å². The van der Waals surface area contributed by atoms with Gasteiger partial charge in [0.15, 0.2) is 0 Å². The van der Waals surface area contributed by atoms with Gasteiger partial charge in [-0.05, 0) is 49.4 Å². The van der Waals surface area contributed by atoms with E-state index in [-0.39, 0.29) is 5.91 Å². The lowest BCUT2D eigenvalue weighted by Gasteiger charge is -2.31. The molecular weight excluding hydrogens is 322 g/mol. The highest BCUT2D eigenvalue weighted by Crippen LogP contribution is 2.32. The molecule has 1 saturated carbocycles. The molecule has 4 rings (SSSR count). The van der Waals surface area contributed by atoms with Crippen LogP contribution < -0.4 is 10.2 Å². The Morgan fingerprint density at radius 2 is 1.81 bits per heavy atom. The fourth-order valence-corrected chi connectivity index (χ4v) is 4.16. The first-order valence-corrected chi connectivity index (χ1v) is 9.93. The molecule has 1 N–H and O–H groups in total. The van der Waals surface area contributed by atoms with Crippen molar-refractivity contribution in [1.82, 2.24) is 10.3 Å². The summed E-state index contributed by atoms with van der Waals surface area (Å²) in [5.41, 5.74) is 4.22. The van der Waals surface area contributed by atoms with E-state index in [1.54, 1.807) is 0 Å². The normalized spacial score (nSPS) is 18.1. The van der Waals surface area contributed by atoms with Gasteiger partial charge in [-0.25, -0.2) is 4.98 Å². The van der Waals surface area contributed by atoms with Gasteiger partial charge >= 0.3 is 0 Å². The van der Waals surface area contributed by atoms with E-state index in [4.69, 9.17) is 0 Å². The molecule has 4 nitrogen and oxygen atoms in total. The summed E-state index contributed by atoms with van der Waals surface area (Å²) in [5, 5.41) is 3.17. The summed E-state index contributed by atoms with van der Waals surface area (Å²) in [6.45, 7) is 0.992. The Morgan fingerprint density at radius 3 is 2.58 bits per heavy atom. The second-order valence-corrected chi connectivity index (χ2v) is 7.45. The molecule has 0 saturated heterocycles. The van der Waals surface area contributed by atoms with Gasteiger partial charge in [-0.3, -0.25) is 4.79 Å². The molecule has 1 aliphatic heterocycles. The van der Waals surface area contributed by atoms with Crippen LogP contribution in [0.3, 0.4) is 0 Å². The second kappa shape index (κ2) is 7.90. The highest BCUT2D eigenvalue weighted by molar-refractivity contribution is 5.92. The largest absolute Gasteiger partial charge is 0.348 e. The van der Waals surface area contributed by atoms with Crippen molar-refractivity contribution >= 4 is 17.3 Å². The van der Waals surface area contributed by atoms with Crippen LogP contribution in [0.5, 0.6) is 0 Å². The van der Waals surface area contributed by atoms with E-state index in [2.05, 4.69) is 39.5 Å². The summed E-state index contributed by atoms with van der Waals surface area (Å²) >= 11 is 0. The summed E-state index contributed by atoms with van der Waals surface area (Å²) in [6.07, 6.45) is 11.3. The van der Waals surface area contributed by atoms with E-state index in [9.17, 15) is 4.79 Å². The number of para-hydroxylation sites is 1. The van der Waals surface area contributed by atoms with Crippen LogP contribution in [-0.4, -0.2) is 23.5 Å². The molecule has 0 spiro atoms. The Morgan fingerprint density at radius 1 is 1.00 bits per heavy atom. The van der Waals surface area contributed by atoms with Gasteiger partial charge in [0.25, 0.3) is 5.91 Å². The number of hydrogen-bond acceptors (Lipinski definition) is 3. The van der Waals surface area contributed by atoms with Crippen molar-refractivity contribution in [1.29, 1.82) is 0 Å². The smallest absolute Gasteiger partial charge is 0.270 e. The Bertz CT molecular complexity index is 748. The molecule has 0 radical (unpaired) electrons. The number of benzene rings is 1. The first kappa shape index (κ1) is 17.1. The van der Waals surface area contributed by atoms with Crippen LogP contribution in [0.15, 0.2) is 42.6 Å². The topological polar surface area (TPSA) is 45.2 Å². The van der Waals surface area contributed by atoms with Crippen molar-refractivity contribution < 1.29 is 4.79 Å². The number of amides is 1. The summed E-state index contributed by atoms with van der Waals surface area (Å²) in [7, 11) is 0. The zero-order valence-electron chi connectivity index (χ0n) is 15.3. The van der Waals surface area contributed by atoms with Crippen LogP contribution in [0.4, 0.5) is 11.4 Å². The third kappa shape index (κ3) is 3.74. The highest BCUT2D eigenvalue weighted by atomic mass is 16.1. The van der Waals surface area contributed by atoms with E-state index in [0.29, 0.717) is 11.7 Å². The number of aromatic nitrogens is 1. The van der Waals surface area contributed by atoms with Gasteiger partial charge in [-0.15, -0.1) is 0 Å². The average Bonchev–Trinajstić information content (AvgIpc) is 2.96. The van der Waals surface area contributed by atoms with Gasteiger partial charge in [-0.2, -0.15) is 0 Å². The van der Waals surface area contributed by atoms with E-state index in [0.717, 1.165) is 37.9 Å². The number of rotatable bonds is 3. The number of anilines is 2. The second-order valence-electron chi connectivity index (χ2n) is 7.45. The summed E-state index contributed by atoms with van der Waals surface area (Å²) < 4.78 is 0. The lowest BCUT2D eigenvalue weighted by molar-refractivity contribution is 0.0928. The molecule has 1 aliphatic carbocycles. The van der Waals surface area contributed by atoms with Crippen molar-refractivity contribution in [3.63, 3.8) is 0 Å². The van der Waals surface area contributed by atoms with Gasteiger partial charge < -0.3 is 10.2 Å². The number of fused-ring (bicyclic) bond motifs is 1. The zero-order chi connectivity index (χ0) is 17.8. The lowest BCUT2D eigenvalue weighted by atomic mass is 10.0. The molecule has 1 fully saturated rings. The minimum absolute atomic E-state index is 0.0394. The Balaban J connectivity index is 1.46. The van der Waals surface area contributed by atoms with Crippen LogP contribution in [0, 0.1) is 0 Å². The molecule has 2 heterocycles. The molecule has 26 heavy (non-hydrogen) atoms. The Hall–Kier alpha value is -2.36. The van der Waals surface area contributed by atoms with Crippen LogP contribution in [0.2, 0.25) is 0 Å². The highest BCUT2D eigenvalue weighted by Gasteiger charge is 2.19. The number of aryl methyl sites for hydroxylation is 1. The van der Waals surface area contributed by atoms with E-state index in [1.807, 2.05) is 18.3 Å². The number of carbonyl (C=O) groups excluding carboxylic acids is 1. The molecule has 0 unspecified atom stereocenters. The molecule has 4 heteroatoms. The number of nitrogens with one attached hydrogen (secondary N) is 1. The maximum absolute atomic E-state index is 12.5. The van der Waals surface area contributed by atoms with Crippen LogP contribution in [-0.2, 0) is 6.42 Å². The molecule has 2 aliphatic rings. The predicted molar refractivity (Wildman–Crippen MR) is 105 cm³/mol.